The minimum absolute atomic E-state index is 0.190. The molecule has 1 aliphatic heterocycles. The van der Waals surface area contributed by atoms with Crippen molar-refractivity contribution in [3.05, 3.63) is 59.3 Å². The summed E-state index contributed by atoms with van der Waals surface area (Å²) in [7, 11) is 3.17. The number of amides is 1. The molecule has 134 valence electrons. The van der Waals surface area contributed by atoms with Gasteiger partial charge >= 0.3 is 0 Å². The van der Waals surface area contributed by atoms with E-state index in [1.165, 1.54) is 4.90 Å². The van der Waals surface area contributed by atoms with Crippen molar-refractivity contribution in [1.82, 2.24) is 5.32 Å². The second-order valence-electron chi connectivity index (χ2n) is 5.80. The molecule has 1 N–H and O–H groups in total. The van der Waals surface area contributed by atoms with Crippen LogP contribution in [0.15, 0.2) is 48.2 Å². The maximum absolute atomic E-state index is 12.9. The van der Waals surface area contributed by atoms with Crippen molar-refractivity contribution in [2.45, 2.75) is 13.3 Å². The van der Waals surface area contributed by atoms with Crippen molar-refractivity contribution in [3.8, 4) is 11.5 Å². The first-order chi connectivity index (χ1) is 12.5. The molecule has 26 heavy (non-hydrogen) atoms. The molecule has 3 rings (SSSR count). The Labute approximate surface area is 158 Å². The van der Waals surface area contributed by atoms with Crippen LogP contribution in [0, 0.1) is 0 Å². The molecule has 2 aromatic rings. The van der Waals surface area contributed by atoms with Crippen LogP contribution in [-0.2, 0) is 11.2 Å². The minimum Gasteiger partial charge on any atom is -0.497 e. The number of nitrogens with one attached hydrogen (secondary N) is 1. The Bertz CT molecular complexity index is 870. The number of carbonyl (C=O) groups is 1. The predicted molar refractivity (Wildman–Crippen MR) is 107 cm³/mol. The normalized spacial score (nSPS) is 15.3. The number of hydrogen-bond acceptors (Lipinski definition) is 4. The fraction of sp³-hybridized carbons (Fsp3) is 0.200. The number of ether oxygens (including phenoxy) is 2. The van der Waals surface area contributed by atoms with Crippen LogP contribution in [0.3, 0.4) is 0 Å². The lowest BCUT2D eigenvalue weighted by Gasteiger charge is -2.14. The van der Waals surface area contributed by atoms with E-state index in [9.17, 15) is 4.79 Å². The fourth-order valence-electron chi connectivity index (χ4n) is 2.76. The number of methoxy groups -OCH3 is 2. The highest BCUT2D eigenvalue weighted by Crippen LogP contribution is 2.27. The third-order valence-electron chi connectivity index (χ3n) is 4.14. The zero-order valence-corrected chi connectivity index (χ0v) is 15.7. The molecular weight excluding hydrogens is 348 g/mol. The Balaban J connectivity index is 1.94. The summed E-state index contributed by atoms with van der Waals surface area (Å²) in [6.45, 7) is 2.07. The molecule has 0 atom stereocenters. The van der Waals surface area contributed by atoms with Crippen LogP contribution in [0.2, 0.25) is 0 Å². The molecule has 0 aromatic heterocycles. The first kappa shape index (κ1) is 17.9. The Hall–Kier alpha value is -2.86. The van der Waals surface area contributed by atoms with E-state index in [0.717, 1.165) is 23.2 Å². The average molecular weight is 368 g/mol. The van der Waals surface area contributed by atoms with E-state index in [1.54, 1.807) is 26.4 Å². The van der Waals surface area contributed by atoms with Gasteiger partial charge in [-0.1, -0.05) is 19.1 Å². The summed E-state index contributed by atoms with van der Waals surface area (Å²) in [6, 6.07) is 13.2. The zero-order chi connectivity index (χ0) is 18.7. The Kier molecular flexibility index (Phi) is 5.23. The average Bonchev–Trinajstić information content (AvgIpc) is 2.94. The number of hydrogen-bond donors (Lipinski definition) is 1. The summed E-state index contributed by atoms with van der Waals surface area (Å²) in [5.74, 6) is 1.11. The first-order valence-electron chi connectivity index (χ1n) is 8.25. The number of aryl methyl sites for hydroxylation is 1. The molecule has 0 saturated carbocycles. The summed E-state index contributed by atoms with van der Waals surface area (Å²) < 4.78 is 10.5. The van der Waals surface area contributed by atoms with E-state index < -0.39 is 0 Å². The molecule has 1 saturated heterocycles. The Morgan fingerprint density at radius 3 is 2.42 bits per heavy atom. The number of benzene rings is 2. The lowest BCUT2D eigenvalue weighted by molar-refractivity contribution is -0.113. The van der Waals surface area contributed by atoms with Crippen LogP contribution in [0.25, 0.3) is 6.08 Å². The van der Waals surface area contributed by atoms with Gasteiger partial charge < -0.3 is 14.8 Å². The van der Waals surface area contributed by atoms with Gasteiger partial charge in [0.25, 0.3) is 5.91 Å². The van der Waals surface area contributed by atoms with E-state index >= 15 is 0 Å². The molecule has 0 bridgehead atoms. The van der Waals surface area contributed by atoms with Gasteiger partial charge in [-0.3, -0.25) is 9.69 Å². The van der Waals surface area contributed by atoms with Gasteiger partial charge in [-0.15, -0.1) is 0 Å². The maximum atomic E-state index is 12.9. The summed E-state index contributed by atoms with van der Waals surface area (Å²) in [4.78, 5) is 14.4. The maximum Gasteiger partial charge on any atom is 0.281 e. The second kappa shape index (κ2) is 7.58. The van der Waals surface area contributed by atoms with Crippen molar-refractivity contribution in [2.75, 3.05) is 19.1 Å². The second-order valence-corrected chi connectivity index (χ2v) is 6.18. The third-order valence-corrected chi connectivity index (χ3v) is 4.42. The van der Waals surface area contributed by atoms with Gasteiger partial charge in [-0.2, -0.15) is 0 Å². The highest BCUT2D eigenvalue weighted by atomic mass is 32.1. The van der Waals surface area contributed by atoms with E-state index in [2.05, 4.69) is 12.2 Å². The molecule has 0 aliphatic carbocycles. The predicted octanol–water partition coefficient (Wildman–Crippen LogP) is 3.53. The van der Waals surface area contributed by atoms with E-state index in [0.29, 0.717) is 22.3 Å². The van der Waals surface area contributed by atoms with Gasteiger partial charge in [0.15, 0.2) is 5.11 Å². The van der Waals surface area contributed by atoms with Crippen LogP contribution in [0.1, 0.15) is 18.1 Å². The summed E-state index contributed by atoms with van der Waals surface area (Å²) in [5, 5.41) is 3.37. The zero-order valence-electron chi connectivity index (χ0n) is 14.9. The largest absolute Gasteiger partial charge is 0.497 e. The number of thiocarbonyl (C=S) groups is 1. The van der Waals surface area contributed by atoms with Gasteiger partial charge in [-0.25, -0.2) is 0 Å². The lowest BCUT2D eigenvalue weighted by atomic mass is 10.1. The molecular formula is C20H20N2O3S. The number of anilines is 1. The standard InChI is InChI=1S/C20H20N2O3S/c1-4-13-6-5-7-15(8-13)22-19(23)18(21-20(22)26)11-14-9-16(24-2)12-17(10-14)25-3/h5-12H,4H2,1-3H3,(H,21,26)/b18-11+. The van der Waals surface area contributed by atoms with E-state index in [4.69, 9.17) is 21.7 Å². The molecule has 6 heteroatoms. The smallest absolute Gasteiger partial charge is 0.281 e. The van der Waals surface area contributed by atoms with Gasteiger partial charge in [0.1, 0.15) is 17.2 Å². The molecule has 5 nitrogen and oxygen atoms in total. The van der Waals surface area contributed by atoms with E-state index in [1.807, 2.05) is 36.4 Å². The quantitative estimate of drug-likeness (QED) is 0.646. The van der Waals surface area contributed by atoms with Gasteiger partial charge in [0.05, 0.1) is 19.9 Å². The van der Waals surface area contributed by atoms with Crippen LogP contribution in [-0.4, -0.2) is 25.2 Å². The molecule has 1 aliphatic rings. The molecule has 0 spiro atoms. The van der Waals surface area contributed by atoms with Crippen molar-refractivity contribution < 1.29 is 14.3 Å². The number of nitrogens with zero attached hydrogens (tertiary/aromatic N) is 1. The highest BCUT2D eigenvalue weighted by Gasteiger charge is 2.32. The Morgan fingerprint density at radius 1 is 1.12 bits per heavy atom. The topological polar surface area (TPSA) is 50.8 Å². The molecule has 0 unspecified atom stereocenters. The monoisotopic (exact) mass is 368 g/mol. The lowest BCUT2D eigenvalue weighted by Crippen LogP contribution is -2.30. The van der Waals surface area contributed by atoms with Crippen molar-refractivity contribution in [1.29, 1.82) is 0 Å². The molecule has 1 amide bonds. The van der Waals surface area contributed by atoms with Crippen molar-refractivity contribution >= 4 is 35.0 Å². The molecule has 1 fully saturated rings. The number of carbonyl (C=O) groups excluding carboxylic acids is 1. The van der Waals surface area contributed by atoms with Gasteiger partial charge in [0, 0.05) is 6.07 Å². The van der Waals surface area contributed by atoms with Gasteiger partial charge in [-0.05, 0) is 60.1 Å². The Morgan fingerprint density at radius 2 is 1.81 bits per heavy atom. The van der Waals surface area contributed by atoms with Crippen LogP contribution >= 0.6 is 12.2 Å². The fourth-order valence-corrected chi connectivity index (χ4v) is 3.06. The SMILES string of the molecule is CCc1cccc(N2C(=O)/C(=C\c3cc(OC)cc(OC)c3)NC2=S)c1. The van der Waals surface area contributed by atoms with E-state index in [-0.39, 0.29) is 5.91 Å². The summed E-state index contributed by atoms with van der Waals surface area (Å²) in [5.41, 5.74) is 3.10. The van der Waals surface area contributed by atoms with Crippen LogP contribution in [0.4, 0.5) is 5.69 Å². The van der Waals surface area contributed by atoms with Crippen molar-refractivity contribution in [3.63, 3.8) is 0 Å². The molecule has 0 radical (unpaired) electrons. The van der Waals surface area contributed by atoms with Gasteiger partial charge in [0.2, 0.25) is 0 Å². The summed E-state index contributed by atoms with van der Waals surface area (Å²) in [6.07, 6.45) is 2.63. The minimum atomic E-state index is -0.190. The highest BCUT2D eigenvalue weighted by molar-refractivity contribution is 7.80. The van der Waals surface area contributed by atoms with Crippen LogP contribution < -0.4 is 19.7 Å². The van der Waals surface area contributed by atoms with Crippen molar-refractivity contribution in [2.24, 2.45) is 0 Å². The number of rotatable bonds is 5. The van der Waals surface area contributed by atoms with Crippen LogP contribution in [0.5, 0.6) is 11.5 Å². The summed E-state index contributed by atoms with van der Waals surface area (Å²) >= 11 is 5.37. The first-order valence-corrected chi connectivity index (χ1v) is 8.65. The molecule has 2 aromatic carbocycles. The molecule has 1 heterocycles. The third kappa shape index (κ3) is 3.55.